The van der Waals surface area contributed by atoms with Gasteiger partial charge in [0.15, 0.2) is 0 Å². The number of hydrogen-bond acceptors (Lipinski definition) is 4. The van der Waals surface area contributed by atoms with Crippen LogP contribution >= 0.6 is 11.6 Å². The van der Waals surface area contributed by atoms with Gasteiger partial charge in [-0.3, -0.25) is 4.98 Å². The highest BCUT2D eigenvalue weighted by atomic mass is 35.5. The summed E-state index contributed by atoms with van der Waals surface area (Å²) >= 11 is 5.68. The molecule has 0 aliphatic carbocycles. The lowest BCUT2D eigenvalue weighted by Crippen LogP contribution is -2.09. The molecule has 0 fully saturated rings. The minimum atomic E-state index is -4.63. The summed E-state index contributed by atoms with van der Waals surface area (Å²) in [5.74, 6) is -0.368. The number of halogens is 4. The highest BCUT2D eigenvalue weighted by molar-refractivity contribution is 6.30. The molecule has 2 aromatic heterocycles. The van der Waals surface area contributed by atoms with Crippen LogP contribution in [-0.4, -0.2) is 9.97 Å². The second-order valence-corrected chi connectivity index (χ2v) is 4.04. The second-order valence-electron chi connectivity index (χ2n) is 3.60. The summed E-state index contributed by atoms with van der Waals surface area (Å²) in [6.45, 7) is 0. The van der Waals surface area contributed by atoms with Gasteiger partial charge in [0.2, 0.25) is 5.88 Å². The first-order valence-electron chi connectivity index (χ1n) is 5.17. The lowest BCUT2D eigenvalue weighted by Gasteiger charge is -2.10. The van der Waals surface area contributed by atoms with E-state index in [-0.39, 0.29) is 16.3 Å². The zero-order valence-electron chi connectivity index (χ0n) is 9.65. The van der Waals surface area contributed by atoms with Crippen LogP contribution in [0.25, 0.3) is 0 Å². The molecule has 0 amide bonds. The number of hydrogen-bond donors (Lipinski definition) is 0. The molecule has 102 valence electrons. The molecule has 0 bridgehead atoms. The number of aromatic nitrogens is 2. The Labute approximate surface area is 116 Å². The summed E-state index contributed by atoms with van der Waals surface area (Å²) in [7, 11) is 0. The van der Waals surface area contributed by atoms with Crippen molar-refractivity contribution in [3.63, 3.8) is 0 Å². The third-order valence-corrected chi connectivity index (χ3v) is 2.37. The number of nitrogens with zero attached hydrogens (tertiary/aromatic N) is 3. The van der Waals surface area contributed by atoms with Gasteiger partial charge in [0, 0.05) is 12.3 Å². The van der Waals surface area contributed by atoms with Crippen molar-refractivity contribution >= 4 is 11.6 Å². The smallest absolute Gasteiger partial charge is 0.433 e. The topological polar surface area (TPSA) is 58.8 Å². The first-order chi connectivity index (χ1) is 9.40. The van der Waals surface area contributed by atoms with Crippen LogP contribution in [0.15, 0.2) is 30.6 Å². The molecule has 4 nitrogen and oxygen atoms in total. The molecule has 0 radical (unpaired) electrons. The van der Waals surface area contributed by atoms with E-state index >= 15 is 0 Å². The fourth-order valence-electron chi connectivity index (χ4n) is 1.32. The van der Waals surface area contributed by atoms with E-state index in [0.29, 0.717) is 6.07 Å². The van der Waals surface area contributed by atoms with Gasteiger partial charge in [0.1, 0.15) is 23.1 Å². The predicted molar refractivity (Wildman–Crippen MR) is 63.3 cm³/mol. The Kier molecular flexibility index (Phi) is 3.77. The van der Waals surface area contributed by atoms with Crippen molar-refractivity contribution < 1.29 is 17.9 Å². The first kappa shape index (κ1) is 14.1. The van der Waals surface area contributed by atoms with Gasteiger partial charge in [-0.25, -0.2) is 4.98 Å². The third-order valence-electron chi connectivity index (χ3n) is 2.17. The number of alkyl halides is 3. The van der Waals surface area contributed by atoms with Gasteiger partial charge in [-0.1, -0.05) is 11.6 Å². The van der Waals surface area contributed by atoms with Crippen LogP contribution in [0.1, 0.15) is 11.3 Å². The van der Waals surface area contributed by atoms with Crippen LogP contribution in [0.4, 0.5) is 13.2 Å². The fourth-order valence-corrected chi connectivity index (χ4v) is 1.48. The molecule has 20 heavy (non-hydrogen) atoms. The minimum Gasteiger partial charge on any atom is -0.436 e. The van der Waals surface area contributed by atoms with Crippen molar-refractivity contribution in [3.05, 3.63) is 46.9 Å². The highest BCUT2D eigenvalue weighted by Crippen LogP contribution is 2.31. The lowest BCUT2D eigenvalue weighted by molar-refractivity contribution is -0.141. The number of ether oxygens (including phenoxy) is 1. The molecule has 2 rings (SSSR count). The molecule has 2 heterocycles. The second kappa shape index (κ2) is 5.35. The quantitative estimate of drug-likeness (QED) is 0.846. The summed E-state index contributed by atoms with van der Waals surface area (Å²) in [6, 6.07) is 4.74. The molecule has 0 spiro atoms. The zero-order chi connectivity index (χ0) is 14.8. The Hall–Kier alpha value is -2.33. The van der Waals surface area contributed by atoms with E-state index in [0.717, 1.165) is 6.07 Å². The summed E-state index contributed by atoms with van der Waals surface area (Å²) in [5.41, 5.74) is -1.28. The van der Waals surface area contributed by atoms with E-state index in [1.807, 2.05) is 0 Å². The standard InChI is InChI=1S/C12H5ClF3N3O/c13-8-3-9(6-18-5-8)20-11-7(4-17)1-2-10(19-11)12(14,15)16/h1-3,5-6H. The van der Waals surface area contributed by atoms with E-state index in [4.69, 9.17) is 21.6 Å². The molecule has 0 saturated carbocycles. The lowest BCUT2D eigenvalue weighted by atomic mass is 10.2. The molecule has 0 aliphatic rings. The van der Waals surface area contributed by atoms with E-state index in [9.17, 15) is 13.2 Å². The molecular weight excluding hydrogens is 295 g/mol. The number of rotatable bonds is 2. The molecular formula is C12H5ClF3N3O. The maximum atomic E-state index is 12.6. The molecule has 0 unspecified atom stereocenters. The summed E-state index contributed by atoms with van der Waals surface area (Å²) in [4.78, 5) is 7.02. The van der Waals surface area contributed by atoms with Gasteiger partial charge >= 0.3 is 6.18 Å². The number of pyridine rings is 2. The van der Waals surface area contributed by atoms with Crippen molar-refractivity contribution in [3.8, 4) is 17.7 Å². The summed E-state index contributed by atoms with van der Waals surface area (Å²) in [6.07, 6.45) is -2.05. The average Bonchev–Trinajstić information content (AvgIpc) is 2.37. The van der Waals surface area contributed by atoms with E-state index in [1.54, 1.807) is 6.07 Å². The largest absolute Gasteiger partial charge is 0.436 e. The van der Waals surface area contributed by atoms with Crippen molar-refractivity contribution in [2.75, 3.05) is 0 Å². The normalized spacial score (nSPS) is 10.9. The molecule has 0 aliphatic heterocycles. The van der Waals surface area contributed by atoms with E-state index < -0.39 is 17.8 Å². The van der Waals surface area contributed by atoms with Gasteiger partial charge in [-0.05, 0) is 12.1 Å². The van der Waals surface area contributed by atoms with Crippen LogP contribution in [0.3, 0.4) is 0 Å². The van der Waals surface area contributed by atoms with Crippen molar-refractivity contribution in [1.82, 2.24) is 9.97 Å². The minimum absolute atomic E-state index is 0.0841. The first-order valence-corrected chi connectivity index (χ1v) is 5.54. The van der Waals surface area contributed by atoms with E-state index in [1.165, 1.54) is 18.5 Å². The molecule has 0 saturated heterocycles. The summed E-state index contributed by atoms with van der Waals surface area (Å²) in [5, 5.41) is 9.10. The Balaban J connectivity index is 2.42. The molecule has 0 atom stereocenters. The van der Waals surface area contributed by atoms with Crippen LogP contribution in [0.5, 0.6) is 11.6 Å². The fraction of sp³-hybridized carbons (Fsp3) is 0.0833. The zero-order valence-corrected chi connectivity index (χ0v) is 10.4. The van der Waals surface area contributed by atoms with Gasteiger partial charge in [0.25, 0.3) is 0 Å². The summed E-state index contributed by atoms with van der Waals surface area (Å²) < 4.78 is 42.9. The van der Waals surface area contributed by atoms with Crippen molar-refractivity contribution in [2.24, 2.45) is 0 Å². The Morgan fingerprint density at radius 3 is 2.60 bits per heavy atom. The van der Waals surface area contributed by atoms with Crippen LogP contribution < -0.4 is 4.74 Å². The van der Waals surface area contributed by atoms with Crippen LogP contribution in [0, 0.1) is 11.3 Å². The highest BCUT2D eigenvalue weighted by Gasteiger charge is 2.33. The van der Waals surface area contributed by atoms with Gasteiger partial charge in [-0.2, -0.15) is 18.4 Å². The Bertz CT molecular complexity index is 682. The maximum absolute atomic E-state index is 12.6. The van der Waals surface area contributed by atoms with Gasteiger partial charge in [-0.15, -0.1) is 0 Å². The van der Waals surface area contributed by atoms with Crippen LogP contribution in [0.2, 0.25) is 5.02 Å². The van der Waals surface area contributed by atoms with Crippen molar-refractivity contribution in [2.45, 2.75) is 6.18 Å². The van der Waals surface area contributed by atoms with Crippen LogP contribution in [-0.2, 0) is 6.18 Å². The average molecular weight is 300 g/mol. The molecule has 0 aromatic carbocycles. The van der Waals surface area contributed by atoms with Crippen molar-refractivity contribution in [1.29, 1.82) is 5.26 Å². The molecule has 8 heteroatoms. The van der Waals surface area contributed by atoms with E-state index in [2.05, 4.69) is 9.97 Å². The predicted octanol–water partition coefficient (Wildman–Crippen LogP) is 3.81. The third kappa shape index (κ3) is 3.16. The SMILES string of the molecule is N#Cc1ccc(C(F)(F)F)nc1Oc1cncc(Cl)c1. The maximum Gasteiger partial charge on any atom is 0.433 e. The molecule has 0 N–H and O–H groups in total. The number of nitriles is 1. The molecule has 2 aromatic rings. The van der Waals surface area contributed by atoms with Gasteiger partial charge in [0.05, 0.1) is 11.2 Å². The Morgan fingerprint density at radius 1 is 1.25 bits per heavy atom. The van der Waals surface area contributed by atoms with Gasteiger partial charge < -0.3 is 4.74 Å². The monoisotopic (exact) mass is 299 g/mol. The Morgan fingerprint density at radius 2 is 2.00 bits per heavy atom.